The summed E-state index contributed by atoms with van der Waals surface area (Å²) in [6.07, 6.45) is 3.10. The summed E-state index contributed by atoms with van der Waals surface area (Å²) in [5, 5.41) is 12.8. The number of aliphatic hydroxyl groups excluding tert-OH is 1. The molecular weight excluding hydrogens is 196 g/mol. The fourth-order valence-electron chi connectivity index (χ4n) is 1.08. The molecule has 0 spiro atoms. The molecule has 0 radical (unpaired) electrons. The lowest BCUT2D eigenvalue weighted by Gasteiger charge is -2.01. The third-order valence-corrected chi connectivity index (χ3v) is 1.74. The lowest BCUT2D eigenvalue weighted by Crippen LogP contribution is -1.92. The van der Waals surface area contributed by atoms with Crippen molar-refractivity contribution in [1.82, 2.24) is 19.7 Å². The molecule has 15 heavy (non-hydrogen) atoms. The fourth-order valence-corrected chi connectivity index (χ4v) is 1.08. The van der Waals surface area contributed by atoms with Gasteiger partial charge in [0.15, 0.2) is 0 Å². The molecule has 0 saturated carbocycles. The van der Waals surface area contributed by atoms with Gasteiger partial charge in [-0.05, 0) is 6.07 Å². The molecule has 0 aliphatic rings. The van der Waals surface area contributed by atoms with Gasteiger partial charge in [-0.1, -0.05) is 0 Å². The van der Waals surface area contributed by atoms with Crippen LogP contribution in [0, 0.1) is 0 Å². The minimum Gasteiger partial charge on any atom is -0.423 e. The van der Waals surface area contributed by atoms with Crippen LogP contribution >= 0.6 is 0 Å². The lowest BCUT2D eigenvalue weighted by molar-refractivity contribution is 0.276. The molecule has 0 bridgehead atoms. The minimum atomic E-state index is -0.118. The monoisotopic (exact) mass is 206 g/mol. The van der Waals surface area contributed by atoms with Crippen molar-refractivity contribution in [3.8, 4) is 11.8 Å². The molecule has 2 heterocycles. The van der Waals surface area contributed by atoms with Crippen LogP contribution < -0.4 is 4.74 Å². The van der Waals surface area contributed by atoms with E-state index < -0.39 is 0 Å². The summed E-state index contributed by atoms with van der Waals surface area (Å²) < 4.78 is 6.89. The molecule has 2 aromatic heterocycles. The summed E-state index contributed by atoms with van der Waals surface area (Å²) in [5.41, 5.74) is 0.545. The number of aryl methyl sites for hydroxylation is 1. The van der Waals surface area contributed by atoms with E-state index in [1.807, 2.05) is 0 Å². The highest BCUT2D eigenvalue weighted by molar-refractivity contribution is 5.24. The first-order valence-electron chi connectivity index (χ1n) is 4.37. The molecule has 0 amide bonds. The van der Waals surface area contributed by atoms with Crippen LogP contribution in [0.1, 0.15) is 5.69 Å². The van der Waals surface area contributed by atoms with E-state index in [0.717, 1.165) is 0 Å². The maximum atomic E-state index is 8.88. The average molecular weight is 206 g/mol. The van der Waals surface area contributed by atoms with Gasteiger partial charge in [-0.3, -0.25) is 9.67 Å². The normalized spacial score (nSPS) is 10.3. The molecule has 0 unspecified atom stereocenters. The summed E-state index contributed by atoms with van der Waals surface area (Å²) in [4.78, 5) is 7.84. The number of nitrogens with zero attached hydrogens (tertiary/aromatic N) is 4. The Balaban J connectivity index is 2.16. The second-order valence-electron chi connectivity index (χ2n) is 2.94. The van der Waals surface area contributed by atoms with Gasteiger partial charge in [0, 0.05) is 19.3 Å². The standard InChI is InChI=1S/C9H10N4O2/c1-13-6-11-9(12-13)15-8-2-3-10-7(4-8)5-14/h2-4,6,14H,5H2,1H3. The number of aromatic nitrogens is 4. The maximum Gasteiger partial charge on any atom is 0.340 e. The smallest absolute Gasteiger partial charge is 0.340 e. The summed E-state index contributed by atoms with van der Waals surface area (Å²) in [5.74, 6) is 0.556. The van der Waals surface area contributed by atoms with Crippen LogP contribution in [0.3, 0.4) is 0 Å². The molecule has 2 aromatic rings. The second-order valence-corrected chi connectivity index (χ2v) is 2.94. The molecule has 0 atom stereocenters. The molecule has 6 heteroatoms. The summed E-state index contributed by atoms with van der Waals surface area (Å²) in [6, 6.07) is 3.58. The highest BCUT2D eigenvalue weighted by Crippen LogP contribution is 2.16. The van der Waals surface area contributed by atoms with Crippen molar-refractivity contribution in [2.24, 2.45) is 7.05 Å². The second kappa shape index (κ2) is 4.05. The molecule has 0 aromatic carbocycles. The lowest BCUT2D eigenvalue weighted by atomic mass is 10.3. The van der Waals surface area contributed by atoms with Gasteiger partial charge in [0.2, 0.25) is 0 Å². The summed E-state index contributed by atoms with van der Waals surface area (Å²) in [7, 11) is 1.76. The van der Waals surface area contributed by atoms with Gasteiger partial charge in [-0.2, -0.15) is 4.98 Å². The average Bonchev–Trinajstić information content (AvgIpc) is 2.64. The van der Waals surface area contributed by atoms with Gasteiger partial charge in [0.05, 0.1) is 12.3 Å². The van der Waals surface area contributed by atoms with Gasteiger partial charge in [0.1, 0.15) is 12.1 Å². The Hall–Kier alpha value is -1.95. The van der Waals surface area contributed by atoms with Gasteiger partial charge in [-0.15, -0.1) is 5.10 Å². The van der Waals surface area contributed by atoms with Crippen LogP contribution in [-0.4, -0.2) is 24.9 Å². The molecule has 78 valence electrons. The van der Waals surface area contributed by atoms with Gasteiger partial charge in [-0.25, -0.2) is 0 Å². The largest absolute Gasteiger partial charge is 0.423 e. The molecule has 1 N–H and O–H groups in total. The number of pyridine rings is 1. The van der Waals surface area contributed by atoms with Crippen molar-refractivity contribution in [3.05, 3.63) is 30.4 Å². The van der Waals surface area contributed by atoms with Crippen molar-refractivity contribution in [1.29, 1.82) is 0 Å². The van der Waals surface area contributed by atoms with Gasteiger partial charge < -0.3 is 9.84 Å². The number of hydrogen-bond acceptors (Lipinski definition) is 5. The third kappa shape index (κ3) is 2.29. The Morgan fingerprint density at radius 1 is 1.47 bits per heavy atom. The topological polar surface area (TPSA) is 73.1 Å². The zero-order valence-electron chi connectivity index (χ0n) is 8.16. The van der Waals surface area contributed by atoms with Crippen LogP contribution in [0.2, 0.25) is 0 Å². The van der Waals surface area contributed by atoms with Crippen molar-refractivity contribution in [2.75, 3.05) is 0 Å². The van der Waals surface area contributed by atoms with Crippen LogP contribution in [0.15, 0.2) is 24.7 Å². The Morgan fingerprint density at radius 2 is 2.33 bits per heavy atom. The number of hydrogen-bond donors (Lipinski definition) is 1. The molecule has 0 fully saturated rings. The van der Waals surface area contributed by atoms with Crippen molar-refractivity contribution in [3.63, 3.8) is 0 Å². The molecule has 6 nitrogen and oxygen atoms in total. The quantitative estimate of drug-likeness (QED) is 0.791. The Morgan fingerprint density at radius 3 is 3.00 bits per heavy atom. The van der Waals surface area contributed by atoms with Crippen molar-refractivity contribution < 1.29 is 9.84 Å². The van der Waals surface area contributed by atoms with Crippen molar-refractivity contribution in [2.45, 2.75) is 6.61 Å². The molecule has 0 saturated heterocycles. The van der Waals surface area contributed by atoms with E-state index in [9.17, 15) is 0 Å². The predicted octanol–water partition coefficient (Wildman–Crippen LogP) is 0.495. The number of aliphatic hydroxyl groups is 1. The Labute approximate surface area is 86.2 Å². The van der Waals surface area contributed by atoms with E-state index in [2.05, 4.69) is 15.1 Å². The van der Waals surface area contributed by atoms with Crippen molar-refractivity contribution >= 4 is 0 Å². The Bertz CT molecular complexity index is 455. The highest BCUT2D eigenvalue weighted by Gasteiger charge is 2.02. The summed E-state index contributed by atoms with van der Waals surface area (Å²) >= 11 is 0. The van der Waals surface area contributed by atoms with E-state index >= 15 is 0 Å². The van der Waals surface area contributed by atoms with Gasteiger partial charge in [0.25, 0.3) is 0 Å². The third-order valence-electron chi connectivity index (χ3n) is 1.74. The van der Waals surface area contributed by atoms with E-state index in [1.165, 1.54) is 0 Å². The predicted molar refractivity (Wildman–Crippen MR) is 51.2 cm³/mol. The minimum absolute atomic E-state index is 0.118. The van der Waals surface area contributed by atoms with Crippen LogP contribution in [0.4, 0.5) is 0 Å². The molecule has 0 aliphatic carbocycles. The SMILES string of the molecule is Cn1cnc(Oc2ccnc(CO)c2)n1. The van der Waals surface area contributed by atoms with Gasteiger partial charge >= 0.3 is 6.01 Å². The van der Waals surface area contributed by atoms with Crippen LogP contribution in [0.5, 0.6) is 11.8 Å². The van der Waals surface area contributed by atoms with E-state index in [4.69, 9.17) is 9.84 Å². The summed E-state index contributed by atoms with van der Waals surface area (Å²) in [6.45, 7) is -0.118. The first-order valence-corrected chi connectivity index (χ1v) is 4.37. The number of ether oxygens (including phenoxy) is 1. The van der Waals surface area contributed by atoms with Crippen LogP contribution in [0.25, 0.3) is 0 Å². The first-order chi connectivity index (χ1) is 7.28. The first kappa shape index (κ1) is 9.60. The maximum absolute atomic E-state index is 8.88. The molecule has 0 aliphatic heterocycles. The Kier molecular flexibility index (Phi) is 2.59. The van der Waals surface area contributed by atoms with Crippen LogP contribution in [-0.2, 0) is 13.7 Å². The zero-order valence-corrected chi connectivity index (χ0v) is 8.16. The fraction of sp³-hybridized carbons (Fsp3) is 0.222. The van der Waals surface area contributed by atoms with E-state index in [0.29, 0.717) is 11.4 Å². The highest BCUT2D eigenvalue weighted by atomic mass is 16.5. The zero-order chi connectivity index (χ0) is 10.7. The molecular formula is C9H10N4O2. The number of rotatable bonds is 3. The van der Waals surface area contributed by atoms with E-state index in [1.54, 1.807) is 36.4 Å². The van der Waals surface area contributed by atoms with E-state index in [-0.39, 0.29) is 12.6 Å². The molecule has 2 rings (SSSR count).